The highest BCUT2D eigenvalue weighted by atomic mass is 16.1. The predicted octanol–water partition coefficient (Wildman–Crippen LogP) is 4.29. The van der Waals surface area contributed by atoms with Gasteiger partial charge in [0, 0.05) is 23.5 Å². The average Bonchev–Trinajstić information content (AvgIpc) is 2.54. The molecule has 3 heteroatoms. The van der Waals surface area contributed by atoms with Gasteiger partial charge in [0.05, 0.1) is 0 Å². The van der Waals surface area contributed by atoms with Gasteiger partial charge in [-0.3, -0.25) is 4.79 Å². The highest BCUT2D eigenvalue weighted by molar-refractivity contribution is 5.69. The second kappa shape index (κ2) is 7.12. The van der Waals surface area contributed by atoms with Crippen molar-refractivity contribution in [1.29, 1.82) is 0 Å². The SMILES string of the molecule is O=c1cc(NC2CCCCC2)cc(C=Cc2ccccc2)[nH]1. The molecule has 0 aliphatic heterocycles. The lowest BCUT2D eigenvalue weighted by atomic mass is 9.95. The van der Waals surface area contributed by atoms with Crippen molar-refractivity contribution in [2.75, 3.05) is 5.32 Å². The fourth-order valence-corrected chi connectivity index (χ4v) is 2.97. The Bertz CT molecular complexity index is 682. The maximum absolute atomic E-state index is 11.8. The molecule has 114 valence electrons. The van der Waals surface area contributed by atoms with E-state index in [0.29, 0.717) is 6.04 Å². The van der Waals surface area contributed by atoms with Gasteiger partial charge in [0.1, 0.15) is 0 Å². The molecule has 2 N–H and O–H groups in total. The Labute approximate surface area is 131 Å². The van der Waals surface area contributed by atoms with Crippen LogP contribution < -0.4 is 10.9 Å². The molecule has 0 saturated heterocycles. The molecule has 1 fully saturated rings. The highest BCUT2D eigenvalue weighted by Gasteiger charge is 2.13. The first-order valence-electron chi connectivity index (χ1n) is 8.04. The number of anilines is 1. The van der Waals surface area contributed by atoms with Crippen LogP contribution in [0.15, 0.2) is 47.3 Å². The van der Waals surface area contributed by atoms with Gasteiger partial charge in [-0.05, 0) is 30.5 Å². The third kappa shape index (κ3) is 4.10. The molecule has 0 amide bonds. The molecule has 0 unspecified atom stereocenters. The Kier molecular flexibility index (Phi) is 4.74. The summed E-state index contributed by atoms with van der Waals surface area (Å²) in [6, 6.07) is 14.2. The van der Waals surface area contributed by atoms with E-state index in [0.717, 1.165) is 16.9 Å². The Morgan fingerprint density at radius 2 is 1.77 bits per heavy atom. The lowest BCUT2D eigenvalue weighted by Gasteiger charge is -2.23. The van der Waals surface area contributed by atoms with E-state index in [1.165, 1.54) is 32.1 Å². The minimum Gasteiger partial charge on any atom is -0.382 e. The molecule has 1 aromatic heterocycles. The molecule has 1 heterocycles. The fraction of sp³-hybridized carbons (Fsp3) is 0.316. The lowest BCUT2D eigenvalue weighted by molar-refractivity contribution is 0.462. The fourth-order valence-electron chi connectivity index (χ4n) is 2.97. The van der Waals surface area contributed by atoms with Crippen LogP contribution in [-0.4, -0.2) is 11.0 Å². The van der Waals surface area contributed by atoms with Crippen molar-refractivity contribution in [3.05, 3.63) is 64.1 Å². The molecule has 2 aromatic rings. The van der Waals surface area contributed by atoms with Crippen molar-refractivity contribution in [3.8, 4) is 0 Å². The van der Waals surface area contributed by atoms with Crippen molar-refractivity contribution in [2.45, 2.75) is 38.1 Å². The van der Waals surface area contributed by atoms with Crippen LogP contribution in [0.5, 0.6) is 0 Å². The average molecular weight is 294 g/mol. The smallest absolute Gasteiger partial charge is 0.250 e. The number of hydrogen-bond acceptors (Lipinski definition) is 2. The van der Waals surface area contributed by atoms with Gasteiger partial charge in [-0.2, -0.15) is 0 Å². The van der Waals surface area contributed by atoms with Gasteiger partial charge in [-0.1, -0.05) is 55.7 Å². The van der Waals surface area contributed by atoms with E-state index >= 15 is 0 Å². The van der Waals surface area contributed by atoms with Crippen molar-refractivity contribution in [2.24, 2.45) is 0 Å². The van der Waals surface area contributed by atoms with Crippen molar-refractivity contribution in [3.63, 3.8) is 0 Å². The van der Waals surface area contributed by atoms with Crippen LogP contribution in [0.1, 0.15) is 43.4 Å². The van der Waals surface area contributed by atoms with E-state index in [4.69, 9.17) is 0 Å². The van der Waals surface area contributed by atoms with Gasteiger partial charge in [0.15, 0.2) is 0 Å². The summed E-state index contributed by atoms with van der Waals surface area (Å²) in [6.07, 6.45) is 10.2. The zero-order valence-electron chi connectivity index (χ0n) is 12.7. The number of rotatable bonds is 4. The van der Waals surface area contributed by atoms with Gasteiger partial charge < -0.3 is 10.3 Å². The quantitative estimate of drug-likeness (QED) is 0.883. The maximum atomic E-state index is 11.8. The molecule has 1 aliphatic rings. The zero-order valence-corrected chi connectivity index (χ0v) is 12.7. The van der Waals surface area contributed by atoms with Crippen LogP contribution in [0.2, 0.25) is 0 Å². The molecule has 0 bridgehead atoms. The lowest BCUT2D eigenvalue weighted by Crippen LogP contribution is -2.23. The van der Waals surface area contributed by atoms with Crippen molar-refractivity contribution < 1.29 is 0 Å². The summed E-state index contributed by atoms with van der Waals surface area (Å²) in [4.78, 5) is 14.7. The molecular formula is C19H22N2O. The van der Waals surface area contributed by atoms with Crippen LogP contribution in [-0.2, 0) is 0 Å². The summed E-state index contributed by atoms with van der Waals surface area (Å²) in [5.41, 5.74) is 2.81. The standard InChI is InChI=1S/C19H22N2O/c22-19-14-18(20-16-9-5-2-6-10-16)13-17(21-19)12-11-15-7-3-1-4-8-15/h1,3-4,7-8,11-14,16H,2,5-6,9-10H2,(H2,20,21,22). The van der Waals surface area contributed by atoms with E-state index in [2.05, 4.69) is 10.3 Å². The highest BCUT2D eigenvalue weighted by Crippen LogP contribution is 2.21. The summed E-state index contributed by atoms with van der Waals surface area (Å²) in [5, 5.41) is 3.51. The monoisotopic (exact) mass is 294 g/mol. The first-order valence-corrected chi connectivity index (χ1v) is 8.04. The summed E-state index contributed by atoms with van der Waals surface area (Å²) in [7, 11) is 0. The molecular weight excluding hydrogens is 272 g/mol. The van der Waals surface area contributed by atoms with Crippen LogP contribution >= 0.6 is 0 Å². The van der Waals surface area contributed by atoms with E-state index in [-0.39, 0.29) is 5.56 Å². The van der Waals surface area contributed by atoms with Gasteiger partial charge in [-0.25, -0.2) is 0 Å². The van der Waals surface area contributed by atoms with E-state index in [9.17, 15) is 4.79 Å². The summed E-state index contributed by atoms with van der Waals surface area (Å²) < 4.78 is 0. The second-order valence-corrected chi connectivity index (χ2v) is 5.91. The Morgan fingerprint density at radius 3 is 2.55 bits per heavy atom. The van der Waals surface area contributed by atoms with Crippen molar-refractivity contribution in [1.82, 2.24) is 4.98 Å². The Morgan fingerprint density at radius 1 is 1.00 bits per heavy atom. The first kappa shape index (κ1) is 14.6. The molecule has 1 aliphatic carbocycles. The van der Waals surface area contributed by atoms with Crippen LogP contribution in [0, 0.1) is 0 Å². The van der Waals surface area contributed by atoms with Gasteiger partial charge >= 0.3 is 0 Å². The largest absolute Gasteiger partial charge is 0.382 e. The van der Waals surface area contributed by atoms with Crippen LogP contribution in [0.25, 0.3) is 12.2 Å². The minimum atomic E-state index is -0.0616. The summed E-state index contributed by atoms with van der Waals surface area (Å²) in [6.45, 7) is 0. The molecule has 0 radical (unpaired) electrons. The number of pyridine rings is 1. The molecule has 3 rings (SSSR count). The molecule has 22 heavy (non-hydrogen) atoms. The number of nitrogens with one attached hydrogen (secondary N) is 2. The first-order chi connectivity index (χ1) is 10.8. The minimum absolute atomic E-state index is 0.0616. The molecule has 1 saturated carbocycles. The number of hydrogen-bond donors (Lipinski definition) is 2. The molecule has 1 aromatic carbocycles. The molecule has 0 atom stereocenters. The van der Waals surface area contributed by atoms with E-state index in [1.807, 2.05) is 48.6 Å². The van der Waals surface area contributed by atoms with Crippen molar-refractivity contribution >= 4 is 17.8 Å². The number of aromatic amines is 1. The Hall–Kier alpha value is -2.29. The topological polar surface area (TPSA) is 44.9 Å². The van der Waals surface area contributed by atoms with Gasteiger partial charge in [0.2, 0.25) is 5.56 Å². The van der Waals surface area contributed by atoms with E-state index < -0.39 is 0 Å². The predicted molar refractivity (Wildman–Crippen MR) is 92.9 cm³/mol. The number of benzene rings is 1. The normalized spacial score (nSPS) is 16.0. The summed E-state index contributed by atoms with van der Waals surface area (Å²) in [5.74, 6) is 0. The zero-order chi connectivity index (χ0) is 15.2. The third-order valence-electron chi connectivity index (χ3n) is 4.10. The third-order valence-corrected chi connectivity index (χ3v) is 4.10. The van der Waals surface area contributed by atoms with E-state index in [1.54, 1.807) is 6.07 Å². The van der Waals surface area contributed by atoms with Crippen LogP contribution in [0.4, 0.5) is 5.69 Å². The summed E-state index contributed by atoms with van der Waals surface area (Å²) >= 11 is 0. The number of H-pyrrole nitrogens is 1. The van der Waals surface area contributed by atoms with Gasteiger partial charge in [0.25, 0.3) is 0 Å². The maximum Gasteiger partial charge on any atom is 0.250 e. The van der Waals surface area contributed by atoms with Crippen LogP contribution in [0.3, 0.4) is 0 Å². The molecule has 3 nitrogen and oxygen atoms in total. The second-order valence-electron chi connectivity index (χ2n) is 5.91. The molecule has 0 spiro atoms. The number of aromatic nitrogens is 1. The Balaban J connectivity index is 1.74. The van der Waals surface area contributed by atoms with Gasteiger partial charge in [-0.15, -0.1) is 0 Å².